The second-order valence-corrected chi connectivity index (χ2v) is 4.91. The van der Waals surface area contributed by atoms with Crippen LogP contribution in [-0.2, 0) is 0 Å². The Morgan fingerprint density at radius 2 is 1.67 bits per heavy atom. The quantitative estimate of drug-likeness (QED) is 0.782. The van der Waals surface area contributed by atoms with Gasteiger partial charge in [0.15, 0.2) is 0 Å². The lowest BCUT2D eigenvalue weighted by atomic mass is 10.0. The van der Waals surface area contributed by atoms with Gasteiger partial charge in [-0.25, -0.2) is 4.98 Å². The number of hydrogen-bond acceptors (Lipinski definition) is 3. The van der Waals surface area contributed by atoms with Gasteiger partial charge >= 0.3 is 0 Å². The monoisotopic (exact) mass is 275 g/mol. The van der Waals surface area contributed by atoms with E-state index in [0.29, 0.717) is 0 Å². The highest BCUT2D eigenvalue weighted by atomic mass is 15.0. The summed E-state index contributed by atoms with van der Waals surface area (Å²) in [5.74, 6) is 0.856. The third-order valence-corrected chi connectivity index (χ3v) is 3.30. The van der Waals surface area contributed by atoms with Gasteiger partial charge in [0, 0.05) is 11.9 Å². The molecular weight excluding hydrogens is 258 g/mol. The average Bonchev–Trinajstić information content (AvgIpc) is 2.54. The molecule has 3 nitrogen and oxygen atoms in total. The van der Waals surface area contributed by atoms with Gasteiger partial charge in [-0.1, -0.05) is 42.5 Å². The summed E-state index contributed by atoms with van der Waals surface area (Å²) in [6.07, 6.45) is 1.82. The number of hydrogen-bond donors (Lipinski definition) is 1. The molecule has 0 fully saturated rings. The van der Waals surface area contributed by atoms with E-state index >= 15 is 0 Å². The van der Waals surface area contributed by atoms with Crippen LogP contribution in [0, 0.1) is 6.92 Å². The molecule has 104 valence electrons. The van der Waals surface area contributed by atoms with E-state index in [0.717, 1.165) is 17.2 Å². The lowest BCUT2D eigenvalue weighted by Crippen LogP contribution is -2.14. The second-order valence-electron chi connectivity index (χ2n) is 4.91. The van der Waals surface area contributed by atoms with Crippen molar-refractivity contribution in [1.29, 1.82) is 0 Å². The highest BCUT2D eigenvalue weighted by Gasteiger charge is 2.15. The number of rotatable bonds is 4. The number of aromatic nitrogens is 2. The summed E-state index contributed by atoms with van der Waals surface area (Å²) in [5, 5.41) is 3.48. The van der Waals surface area contributed by atoms with E-state index in [1.807, 2.05) is 67.7 Å². The molecule has 0 aliphatic heterocycles. The number of nitrogens with one attached hydrogen (secondary N) is 1. The number of anilines is 1. The third kappa shape index (κ3) is 3.26. The Labute approximate surface area is 124 Å². The van der Waals surface area contributed by atoms with E-state index < -0.39 is 0 Å². The SMILES string of the molecule is Cc1cccc(NC(c2ccccc2)c2ccccn2)n1. The summed E-state index contributed by atoms with van der Waals surface area (Å²) in [6.45, 7) is 1.99. The topological polar surface area (TPSA) is 37.8 Å². The maximum Gasteiger partial charge on any atom is 0.126 e. The smallest absolute Gasteiger partial charge is 0.126 e. The molecule has 21 heavy (non-hydrogen) atoms. The van der Waals surface area contributed by atoms with Crippen molar-refractivity contribution in [2.75, 3.05) is 5.32 Å². The van der Waals surface area contributed by atoms with Crippen molar-refractivity contribution in [3.05, 3.63) is 89.9 Å². The van der Waals surface area contributed by atoms with Crippen molar-refractivity contribution in [1.82, 2.24) is 9.97 Å². The van der Waals surface area contributed by atoms with Crippen LogP contribution in [0.25, 0.3) is 0 Å². The number of nitrogens with zero attached hydrogens (tertiary/aromatic N) is 2. The van der Waals surface area contributed by atoms with Gasteiger partial charge in [0.05, 0.1) is 11.7 Å². The zero-order valence-electron chi connectivity index (χ0n) is 11.9. The highest BCUT2D eigenvalue weighted by Crippen LogP contribution is 2.24. The normalized spacial score (nSPS) is 11.9. The van der Waals surface area contributed by atoms with Crippen molar-refractivity contribution >= 4 is 5.82 Å². The fraction of sp³-hybridized carbons (Fsp3) is 0.111. The van der Waals surface area contributed by atoms with Crippen LogP contribution in [-0.4, -0.2) is 9.97 Å². The Morgan fingerprint density at radius 1 is 0.857 bits per heavy atom. The summed E-state index contributed by atoms with van der Waals surface area (Å²) in [7, 11) is 0. The van der Waals surface area contributed by atoms with E-state index in [9.17, 15) is 0 Å². The van der Waals surface area contributed by atoms with Crippen LogP contribution in [0.15, 0.2) is 72.9 Å². The van der Waals surface area contributed by atoms with Crippen LogP contribution in [0.5, 0.6) is 0 Å². The Bertz CT molecular complexity index is 656. The molecule has 1 aromatic carbocycles. The predicted octanol–water partition coefficient (Wildman–Crippen LogP) is 3.99. The minimum atomic E-state index is -0.0123. The summed E-state index contributed by atoms with van der Waals surface area (Å²) < 4.78 is 0. The van der Waals surface area contributed by atoms with Crippen LogP contribution < -0.4 is 5.32 Å². The molecule has 1 unspecified atom stereocenters. The van der Waals surface area contributed by atoms with Crippen molar-refractivity contribution < 1.29 is 0 Å². The maximum atomic E-state index is 4.53. The second kappa shape index (κ2) is 6.18. The minimum absolute atomic E-state index is 0.0123. The molecule has 0 saturated carbocycles. The molecule has 0 radical (unpaired) electrons. The van der Waals surface area contributed by atoms with Crippen LogP contribution in [0.1, 0.15) is 23.0 Å². The molecule has 2 aromatic heterocycles. The van der Waals surface area contributed by atoms with Gasteiger partial charge in [-0.3, -0.25) is 4.98 Å². The first-order chi connectivity index (χ1) is 10.3. The van der Waals surface area contributed by atoms with Crippen LogP contribution >= 0.6 is 0 Å². The van der Waals surface area contributed by atoms with Gasteiger partial charge < -0.3 is 5.32 Å². The first-order valence-electron chi connectivity index (χ1n) is 6.99. The Morgan fingerprint density at radius 3 is 2.38 bits per heavy atom. The molecule has 1 N–H and O–H groups in total. The molecule has 3 aromatic rings. The van der Waals surface area contributed by atoms with Crippen molar-refractivity contribution in [3.8, 4) is 0 Å². The van der Waals surface area contributed by atoms with E-state index in [2.05, 4.69) is 27.4 Å². The highest BCUT2D eigenvalue weighted by molar-refractivity contribution is 5.43. The standard InChI is InChI=1S/C18H17N3/c1-14-8-7-12-17(20-14)21-18(15-9-3-2-4-10-15)16-11-5-6-13-19-16/h2-13,18H,1H3,(H,20,21). The van der Waals surface area contributed by atoms with E-state index in [1.54, 1.807) is 0 Å². The summed E-state index contributed by atoms with van der Waals surface area (Å²) in [4.78, 5) is 9.01. The molecule has 3 heteroatoms. The van der Waals surface area contributed by atoms with Crippen molar-refractivity contribution in [3.63, 3.8) is 0 Å². The fourth-order valence-electron chi connectivity index (χ4n) is 2.29. The molecule has 0 aliphatic rings. The van der Waals surface area contributed by atoms with Gasteiger partial charge in [0.25, 0.3) is 0 Å². The fourth-order valence-corrected chi connectivity index (χ4v) is 2.29. The number of aryl methyl sites for hydroxylation is 1. The first kappa shape index (κ1) is 13.3. The summed E-state index contributed by atoms with van der Waals surface area (Å²) >= 11 is 0. The molecule has 3 rings (SSSR count). The van der Waals surface area contributed by atoms with E-state index in [1.165, 1.54) is 5.56 Å². The van der Waals surface area contributed by atoms with Gasteiger partial charge in [0.1, 0.15) is 5.82 Å². The van der Waals surface area contributed by atoms with Crippen molar-refractivity contribution in [2.24, 2.45) is 0 Å². The van der Waals surface area contributed by atoms with Gasteiger partial charge in [-0.05, 0) is 36.8 Å². The van der Waals surface area contributed by atoms with E-state index in [-0.39, 0.29) is 6.04 Å². The van der Waals surface area contributed by atoms with Crippen LogP contribution in [0.3, 0.4) is 0 Å². The minimum Gasteiger partial charge on any atom is -0.358 e. The van der Waals surface area contributed by atoms with Gasteiger partial charge in [-0.15, -0.1) is 0 Å². The molecule has 1 atom stereocenters. The molecule has 0 bridgehead atoms. The van der Waals surface area contributed by atoms with Gasteiger partial charge in [0.2, 0.25) is 0 Å². The molecule has 0 amide bonds. The first-order valence-corrected chi connectivity index (χ1v) is 6.99. The largest absolute Gasteiger partial charge is 0.358 e. The lowest BCUT2D eigenvalue weighted by Gasteiger charge is -2.19. The molecule has 0 spiro atoms. The Kier molecular flexibility index (Phi) is 3.92. The van der Waals surface area contributed by atoms with Crippen LogP contribution in [0.4, 0.5) is 5.82 Å². The molecular formula is C18H17N3. The zero-order chi connectivity index (χ0) is 14.5. The van der Waals surface area contributed by atoms with Crippen LogP contribution in [0.2, 0.25) is 0 Å². The maximum absolute atomic E-state index is 4.53. The Balaban J connectivity index is 1.97. The number of benzene rings is 1. The van der Waals surface area contributed by atoms with Gasteiger partial charge in [-0.2, -0.15) is 0 Å². The van der Waals surface area contributed by atoms with Crippen molar-refractivity contribution in [2.45, 2.75) is 13.0 Å². The molecule has 0 saturated heterocycles. The Hall–Kier alpha value is -2.68. The third-order valence-electron chi connectivity index (χ3n) is 3.30. The summed E-state index contributed by atoms with van der Waals surface area (Å²) in [6, 6.07) is 22.2. The molecule has 0 aliphatic carbocycles. The lowest BCUT2D eigenvalue weighted by molar-refractivity contribution is 0.876. The summed E-state index contributed by atoms with van der Waals surface area (Å²) in [5.41, 5.74) is 3.14. The average molecular weight is 275 g/mol. The number of pyridine rings is 2. The zero-order valence-corrected chi connectivity index (χ0v) is 11.9. The molecule has 2 heterocycles. The predicted molar refractivity (Wildman–Crippen MR) is 85.1 cm³/mol. The van der Waals surface area contributed by atoms with E-state index in [4.69, 9.17) is 0 Å².